The number of rotatable bonds is 8. The fourth-order valence-corrected chi connectivity index (χ4v) is 1.83. The summed E-state index contributed by atoms with van der Waals surface area (Å²) < 4.78 is 13.0. The number of amides is 1. The lowest BCUT2D eigenvalue weighted by Crippen LogP contribution is -2.35. The second kappa shape index (κ2) is 8.64. The molecule has 0 aliphatic rings. The van der Waals surface area contributed by atoms with Crippen LogP contribution in [0.1, 0.15) is 25.8 Å². The molecule has 3 nitrogen and oxygen atoms in total. The normalized spacial score (nSPS) is 12.2. The third-order valence-corrected chi connectivity index (χ3v) is 3.05. The van der Waals surface area contributed by atoms with Crippen molar-refractivity contribution in [3.05, 3.63) is 35.6 Å². The standard InChI is InChI=1S/C15H23FN2O/c1-3-17-9-10-18-15(19)12(2)7-8-13-5-4-6-14(16)11-13/h4-6,11-12,17H,3,7-10H2,1-2H3,(H,18,19). The lowest BCUT2D eigenvalue weighted by molar-refractivity contribution is -0.124. The van der Waals surface area contributed by atoms with E-state index in [1.807, 2.05) is 19.9 Å². The SMILES string of the molecule is CCNCCNC(=O)C(C)CCc1cccc(F)c1. The molecule has 1 atom stereocenters. The maximum atomic E-state index is 13.0. The van der Waals surface area contributed by atoms with Crippen molar-refractivity contribution < 1.29 is 9.18 Å². The quantitative estimate of drug-likeness (QED) is 0.708. The molecule has 0 saturated heterocycles. The summed E-state index contributed by atoms with van der Waals surface area (Å²) in [6.45, 7) is 6.28. The minimum atomic E-state index is -0.222. The molecule has 106 valence electrons. The Morgan fingerprint density at radius 2 is 2.16 bits per heavy atom. The summed E-state index contributed by atoms with van der Waals surface area (Å²) in [5, 5.41) is 6.04. The highest BCUT2D eigenvalue weighted by atomic mass is 19.1. The van der Waals surface area contributed by atoms with Crippen LogP contribution in [0.5, 0.6) is 0 Å². The molecule has 0 fully saturated rings. The molecule has 0 saturated carbocycles. The van der Waals surface area contributed by atoms with Crippen molar-refractivity contribution in [3.8, 4) is 0 Å². The van der Waals surface area contributed by atoms with Crippen LogP contribution >= 0.6 is 0 Å². The van der Waals surface area contributed by atoms with Gasteiger partial charge in [0.15, 0.2) is 0 Å². The van der Waals surface area contributed by atoms with E-state index in [1.165, 1.54) is 12.1 Å². The third-order valence-electron chi connectivity index (χ3n) is 3.05. The Bertz CT molecular complexity index is 395. The molecule has 1 aromatic rings. The first kappa shape index (κ1) is 15.6. The zero-order valence-corrected chi connectivity index (χ0v) is 11.7. The van der Waals surface area contributed by atoms with Gasteiger partial charge in [0.2, 0.25) is 5.91 Å². The number of nitrogens with one attached hydrogen (secondary N) is 2. The zero-order chi connectivity index (χ0) is 14.1. The molecule has 1 unspecified atom stereocenters. The van der Waals surface area contributed by atoms with Crippen molar-refractivity contribution in [1.82, 2.24) is 10.6 Å². The van der Waals surface area contributed by atoms with Gasteiger partial charge in [0, 0.05) is 19.0 Å². The third kappa shape index (κ3) is 6.34. The summed E-state index contributed by atoms with van der Waals surface area (Å²) in [7, 11) is 0. The molecule has 19 heavy (non-hydrogen) atoms. The van der Waals surface area contributed by atoms with Crippen molar-refractivity contribution in [3.63, 3.8) is 0 Å². The Labute approximate surface area is 114 Å². The van der Waals surface area contributed by atoms with E-state index in [9.17, 15) is 9.18 Å². The van der Waals surface area contributed by atoms with E-state index in [1.54, 1.807) is 6.07 Å². The van der Waals surface area contributed by atoms with Crippen molar-refractivity contribution in [1.29, 1.82) is 0 Å². The number of aryl methyl sites for hydroxylation is 1. The average Bonchev–Trinajstić information content (AvgIpc) is 2.41. The van der Waals surface area contributed by atoms with Crippen LogP contribution in [0.2, 0.25) is 0 Å². The Morgan fingerprint density at radius 1 is 1.37 bits per heavy atom. The van der Waals surface area contributed by atoms with E-state index in [2.05, 4.69) is 10.6 Å². The van der Waals surface area contributed by atoms with Crippen LogP contribution in [-0.4, -0.2) is 25.5 Å². The fraction of sp³-hybridized carbons (Fsp3) is 0.533. The Hall–Kier alpha value is -1.42. The number of hydrogen-bond acceptors (Lipinski definition) is 2. The van der Waals surface area contributed by atoms with Gasteiger partial charge in [0.1, 0.15) is 5.82 Å². The summed E-state index contributed by atoms with van der Waals surface area (Å²) in [6.07, 6.45) is 1.45. The number of likely N-dealkylation sites (N-methyl/N-ethyl adjacent to an activating group) is 1. The molecule has 0 heterocycles. The molecule has 0 aromatic heterocycles. The Balaban J connectivity index is 2.26. The molecule has 2 N–H and O–H groups in total. The van der Waals surface area contributed by atoms with Gasteiger partial charge in [-0.1, -0.05) is 26.0 Å². The zero-order valence-electron chi connectivity index (χ0n) is 11.7. The van der Waals surface area contributed by atoms with Crippen LogP contribution in [0.15, 0.2) is 24.3 Å². The van der Waals surface area contributed by atoms with E-state index >= 15 is 0 Å². The van der Waals surface area contributed by atoms with E-state index in [0.29, 0.717) is 6.54 Å². The summed E-state index contributed by atoms with van der Waals surface area (Å²) in [6, 6.07) is 6.54. The molecule has 0 aliphatic carbocycles. The van der Waals surface area contributed by atoms with Crippen LogP contribution in [0.3, 0.4) is 0 Å². The first-order chi connectivity index (χ1) is 9.13. The first-order valence-electron chi connectivity index (χ1n) is 6.86. The Kier molecular flexibility index (Phi) is 7.11. The van der Waals surface area contributed by atoms with Crippen LogP contribution < -0.4 is 10.6 Å². The maximum absolute atomic E-state index is 13.0. The van der Waals surface area contributed by atoms with Gasteiger partial charge in [-0.2, -0.15) is 0 Å². The topological polar surface area (TPSA) is 41.1 Å². The molecule has 1 aromatic carbocycles. The van der Waals surface area contributed by atoms with Crippen molar-refractivity contribution in [2.24, 2.45) is 5.92 Å². The summed E-state index contributed by atoms with van der Waals surface area (Å²) in [5.74, 6) is -0.209. The highest BCUT2D eigenvalue weighted by molar-refractivity contribution is 5.78. The van der Waals surface area contributed by atoms with Gasteiger partial charge in [-0.05, 0) is 37.1 Å². The lowest BCUT2D eigenvalue weighted by Gasteiger charge is -2.12. The van der Waals surface area contributed by atoms with Crippen molar-refractivity contribution in [2.45, 2.75) is 26.7 Å². The molecule has 1 rings (SSSR count). The predicted octanol–water partition coefficient (Wildman–Crippen LogP) is 2.12. The lowest BCUT2D eigenvalue weighted by atomic mass is 10.0. The van der Waals surface area contributed by atoms with Crippen molar-refractivity contribution in [2.75, 3.05) is 19.6 Å². The van der Waals surface area contributed by atoms with Crippen LogP contribution in [0, 0.1) is 11.7 Å². The molecule has 1 amide bonds. The van der Waals surface area contributed by atoms with Gasteiger partial charge in [0.05, 0.1) is 0 Å². The summed E-state index contributed by atoms with van der Waals surface area (Å²) >= 11 is 0. The number of benzene rings is 1. The fourth-order valence-electron chi connectivity index (χ4n) is 1.83. The van der Waals surface area contributed by atoms with Crippen molar-refractivity contribution >= 4 is 5.91 Å². The van der Waals surface area contributed by atoms with E-state index < -0.39 is 0 Å². The largest absolute Gasteiger partial charge is 0.355 e. The molecule has 0 radical (unpaired) electrons. The molecule has 0 aliphatic heterocycles. The van der Waals surface area contributed by atoms with E-state index in [-0.39, 0.29) is 17.6 Å². The van der Waals surface area contributed by atoms with Gasteiger partial charge in [-0.15, -0.1) is 0 Å². The molecular weight excluding hydrogens is 243 g/mol. The number of halogens is 1. The highest BCUT2D eigenvalue weighted by Crippen LogP contribution is 2.11. The van der Waals surface area contributed by atoms with E-state index in [0.717, 1.165) is 31.5 Å². The van der Waals surface area contributed by atoms with Gasteiger partial charge >= 0.3 is 0 Å². The first-order valence-corrected chi connectivity index (χ1v) is 6.86. The van der Waals surface area contributed by atoms with Crippen LogP contribution in [0.4, 0.5) is 4.39 Å². The molecule has 0 bridgehead atoms. The van der Waals surface area contributed by atoms with Crippen LogP contribution in [-0.2, 0) is 11.2 Å². The predicted molar refractivity (Wildman–Crippen MR) is 75.4 cm³/mol. The second-order valence-electron chi connectivity index (χ2n) is 4.71. The second-order valence-corrected chi connectivity index (χ2v) is 4.71. The highest BCUT2D eigenvalue weighted by Gasteiger charge is 2.12. The average molecular weight is 266 g/mol. The van der Waals surface area contributed by atoms with E-state index in [4.69, 9.17) is 0 Å². The number of hydrogen-bond donors (Lipinski definition) is 2. The summed E-state index contributed by atoms with van der Waals surface area (Å²) in [5.41, 5.74) is 0.937. The monoisotopic (exact) mass is 266 g/mol. The smallest absolute Gasteiger partial charge is 0.222 e. The number of carbonyl (C=O) groups excluding carboxylic acids is 1. The molecule has 0 spiro atoms. The maximum Gasteiger partial charge on any atom is 0.222 e. The Morgan fingerprint density at radius 3 is 2.84 bits per heavy atom. The molecule has 4 heteroatoms. The van der Waals surface area contributed by atoms with Gasteiger partial charge < -0.3 is 10.6 Å². The molecular formula is C15H23FN2O. The van der Waals surface area contributed by atoms with Gasteiger partial charge in [-0.25, -0.2) is 4.39 Å². The minimum absolute atomic E-state index is 0.0510. The number of carbonyl (C=O) groups is 1. The summed E-state index contributed by atoms with van der Waals surface area (Å²) in [4.78, 5) is 11.8. The van der Waals surface area contributed by atoms with Gasteiger partial charge in [-0.3, -0.25) is 4.79 Å². The van der Waals surface area contributed by atoms with Crippen LogP contribution in [0.25, 0.3) is 0 Å². The minimum Gasteiger partial charge on any atom is -0.355 e. The van der Waals surface area contributed by atoms with Gasteiger partial charge in [0.25, 0.3) is 0 Å².